The van der Waals surface area contributed by atoms with Crippen molar-refractivity contribution in [2.75, 3.05) is 0 Å². The molecule has 0 heterocycles. The lowest BCUT2D eigenvalue weighted by molar-refractivity contribution is 1.11. The largest absolute Gasteiger partial charge is 0.0938 e. The van der Waals surface area contributed by atoms with Crippen molar-refractivity contribution in [3.05, 3.63) is 22.3 Å². The summed E-state index contributed by atoms with van der Waals surface area (Å²) in [6, 6.07) is 0. The fourth-order valence-electron chi connectivity index (χ4n) is 9.87. The van der Waals surface area contributed by atoms with Crippen LogP contribution in [0, 0.1) is 20.8 Å². The number of hydrogen-bond acceptors (Lipinski definition) is 0. The van der Waals surface area contributed by atoms with Crippen LogP contribution in [0.3, 0.4) is 0 Å². The van der Waals surface area contributed by atoms with Gasteiger partial charge in [-0.1, -0.05) is 34.5 Å². The van der Waals surface area contributed by atoms with Gasteiger partial charge in [0.05, 0.1) is 13.0 Å². The molecule has 0 N–H and O–H groups in total. The molecule has 1 rings (SSSR count). The van der Waals surface area contributed by atoms with Gasteiger partial charge in [-0.2, -0.15) is 0 Å². The quantitative estimate of drug-likeness (QED) is 0.0984. The first-order chi connectivity index (χ1) is 26.2. The van der Waals surface area contributed by atoms with Crippen LogP contribution in [0.5, 0.6) is 0 Å². The Morgan fingerprint density at radius 3 is 0.965 bits per heavy atom. The molecule has 0 bridgehead atoms. The molecule has 0 aliphatic rings. The fraction of sp³-hybridized carbons (Fsp3) is 0.455. The fourth-order valence-corrected chi connectivity index (χ4v) is 9.87. The minimum atomic E-state index is -1.17. The van der Waals surface area contributed by atoms with Crippen LogP contribution in [0.25, 0.3) is 0 Å². The molecule has 1 aromatic rings. The van der Waals surface area contributed by atoms with E-state index < -0.39 is 134 Å². The molecule has 196 valence electrons. The molecule has 0 saturated heterocycles. The molecule has 0 amide bonds. The van der Waals surface area contributed by atoms with Crippen molar-refractivity contribution < 1.29 is 0 Å². The predicted octanol–water partition coefficient (Wildman–Crippen LogP) is -16.0. The van der Waals surface area contributed by atoms with E-state index in [9.17, 15) is 0 Å². The lowest BCUT2D eigenvalue weighted by Gasteiger charge is -2.49. The van der Waals surface area contributed by atoms with E-state index in [1.807, 2.05) is 27.7 Å². The molecule has 0 saturated carbocycles. The topological polar surface area (TPSA) is 0 Å². The van der Waals surface area contributed by atoms with E-state index in [2.05, 4.69) is 0 Å². The minimum Gasteiger partial charge on any atom is -0.0938 e. The van der Waals surface area contributed by atoms with Crippen molar-refractivity contribution in [2.45, 2.75) is 34.1 Å². The van der Waals surface area contributed by atoms with E-state index in [0.29, 0.717) is 22.9 Å². The van der Waals surface area contributed by atoms with E-state index in [1.54, 1.807) is 0 Å². The molecular formula is C11H14B46. The summed E-state index contributed by atoms with van der Waals surface area (Å²) in [5.41, 5.74) is 4.40. The summed E-state index contributed by atoms with van der Waals surface area (Å²) < 4.78 is 0. The van der Waals surface area contributed by atoms with Crippen LogP contribution in [0.4, 0.5) is 0 Å². The molecule has 57 heavy (non-hydrogen) atoms. The molecule has 46 heteroatoms. The Morgan fingerprint density at radius 2 is 0.684 bits per heavy atom. The lowest BCUT2D eigenvalue weighted by atomic mass is 8.37. The van der Waals surface area contributed by atoms with Gasteiger partial charge in [-0.3, -0.25) is 0 Å². The van der Waals surface area contributed by atoms with Gasteiger partial charge in [0.2, 0.25) is 0 Å². The second-order valence-electron chi connectivity index (χ2n) is 15.9. The van der Waals surface area contributed by atoms with Crippen LogP contribution < -0.4 is 10.9 Å². The van der Waals surface area contributed by atoms with Crippen LogP contribution >= 0.6 is 0 Å². The van der Waals surface area contributed by atoms with Crippen molar-refractivity contribution >= 4 is 337 Å². The average molecular weight is 644 g/mol. The second-order valence-corrected chi connectivity index (χ2v) is 15.9. The summed E-state index contributed by atoms with van der Waals surface area (Å²) in [4.78, 5) is 0. The number of rotatable bonds is 24. The van der Waals surface area contributed by atoms with Gasteiger partial charge in [0.1, 0.15) is 0 Å². The SMILES string of the molecule is [B][B]B([B])B(B([B])[B])B(B(B(B([B])[B])B([B])[B])B(B([B])[B])B([B])[B])c1c(C)c(B(B(B([B])[B])B([B])[B])B(B([B][B])B([B])[B])B(B([B])[B])B([B])[B])c(C)c(C)c1CC. The van der Waals surface area contributed by atoms with Gasteiger partial charge in [-0.25, -0.2) is 0 Å². The average Bonchev–Trinajstić information content (AvgIpc) is 3.06. The molecular weight excluding hydrogens is 629 g/mol. The van der Waals surface area contributed by atoms with Gasteiger partial charge in [-0.05, 0) is 32.8 Å². The van der Waals surface area contributed by atoms with Crippen LogP contribution in [0.2, 0.25) is 0 Å². The third-order valence-electron chi connectivity index (χ3n) is 12.3. The summed E-state index contributed by atoms with van der Waals surface area (Å²) >= 11 is 0. The zero-order chi connectivity index (χ0) is 44.7. The van der Waals surface area contributed by atoms with Crippen molar-refractivity contribution in [2.24, 2.45) is 0 Å². The highest BCUT2D eigenvalue weighted by atomic mass is 14.1. The first-order valence-electron chi connectivity index (χ1n) is 19.3. The standard InChI is InChI=1S/C11H14B46/c1-5-9-6(2)7(3)10(37(51(40(16)17)41(18)19)53(50(36-13)39(14)15)55(43(22)23)44(24)25)8(4)11(9)38(52(42(20)21)49(34)35-12)54(56(45(26)27)46(28)29)57(47(30)31)48(32)33/h5H2,1-4H3. The van der Waals surface area contributed by atoms with E-state index in [0.717, 1.165) is 16.7 Å². The highest BCUT2D eigenvalue weighted by molar-refractivity contribution is 8.21. The van der Waals surface area contributed by atoms with Gasteiger partial charge < -0.3 is 0 Å². The molecule has 0 unspecified atom stereocenters. The smallest absolute Gasteiger partial charge is 0.0811 e. The van der Waals surface area contributed by atoms with Crippen LogP contribution in [-0.4, -0.2) is 326 Å². The van der Waals surface area contributed by atoms with Crippen molar-refractivity contribution in [3.8, 4) is 0 Å². The summed E-state index contributed by atoms with van der Waals surface area (Å²) in [6.07, 6.45) is -19.4. The first-order valence-corrected chi connectivity index (χ1v) is 19.3. The van der Waals surface area contributed by atoms with Crippen molar-refractivity contribution in [3.63, 3.8) is 0 Å². The maximum absolute atomic E-state index is 6.82. The first kappa shape index (κ1) is 57.2. The lowest BCUT2D eigenvalue weighted by Crippen LogP contribution is -2.86. The molecule has 0 atom stereocenters. The molecule has 48 radical (unpaired) electrons. The Morgan fingerprint density at radius 1 is 0.351 bits per heavy atom. The third-order valence-corrected chi connectivity index (χ3v) is 12.3. The molecule has 0 nitrogen and oxygen atoms in total. The monoisotopic (exact) mass is 653 g/mol. The molecule has 0 aliphatic carbocycles. The Bertz CT molecular complexity index is 1270. The predicted molar refractivity (Wildman–Crippen MR) is 314 cm³/mol. The summed E-state index contributed by atoms with van der Waals surface area (Å²) in [5.74, 6) is 0. The van der Waals surface area contributed by atoms with Gasteiger partial charge in [0.25, 0.3) is 0 Å². The zero-order valence-corrected chi connectivity index (χ0v) is 34.3. The van der Waals surface area contributed by atoms with Crippen LogP contribution in [0.1, 0.15) is 29.2 Å². The Hall–Kier alpha value is 2.21. The third kappa shape index (κ3) is 13.6. The summed E-state index contributed by atoms with van der Waals surface area (Å²) in [5, 5.41) is 0. The highest BCUT2D eigenvalue weighted by Crippen LogP contribution is 2.23. The summed E-state index contributed by atoms with van der Waals surface area (Å²) in [7, 11) is 153. The van der Waals surface area contributed by atoms with Crippen molar-refractivity contribution in [1.82, 2.24) is 0 Å². The maximum Gasteiger partial charge on any atom is 0.0811 e. The van der Waals surface area contributed by atoms with Gasteiger partial charge in [0, 0.05) is 313 Å². The van der Waals surface area contributed by atoms with Gasteiger partial charge in [0.15, 0.2) is 0 Å². The Kier molecular flexibility index (Phi) is 25.7. The van der Waals surface area contributed by atoms with Crippen molar-refractivity contribution in [1.29, 1.82) is 0 Å². The van der Waals surface area contributed by atoms with E-state index in [4.69, 9.17) is 178 Å². The van der Waals surface area contributed by atoms with Gasteiger partial charge >= 0.3 is 0 Å². The van der Waals surface area contributed by atoms with E-state index >= 15 is 0 Å². The molecule has 0 aromatic heterocycles. The minimum absolute atomic E-state index is 0.462. The Balaban J connectivity index is 5.18. The Labute approximate surface area is 390 Å². The summed E-state index contributed by atoms with van der Waals surface area (Å²) in [6.45, 7) is 5.91. The van der Waals surface area contributed by atoms with E-state index in [1.165, 1.54) is 14.1 Å². The number of hydrogen-bond donors (Lipinski definition) is 0. The van der Waals surface area contributed by atoms with Crippen LogP contribution in [-0.2, 0) is 6.42 Å². The number of benzene rings is 1. The van der Waals surface area contributed by atoms with Gasteiger partial charge in [-0.15, -0.1) is 0 Å². The van der Waals surface area contributed by atoms with Crippen LogP contribution in [0.15, 0.2) is 0 Å². The zero-order valence-electron chi connectivity index (χ0n) is 34.3. The maximum atomic E-state index is 6.82. The van der Waals surface area contributed by atoms with E-state index in [-0.39, 0.29) is 0 Å². The normalized spacial score (nSPS) is 10.0. The molecule has 0 spiro atoms. The molecule has 0 aliphatic heterocycles. The highest BCUT2D eigenvalue weighted by Gasteiger charge is 2.54. The second kappa shape index (κ2) is 25.6. The molecule has 1 aromatic carbocycles. The molecule has 0 fully saturated rings.